The molecule has 0 bridgehead atoms. The summed E-state index contributed by atoms with van der Waals surface area (Å²) in [5.74, 6) is 0.432. The molecule has 4 heterocycles. The predicted octanol–water partition coefficient (Wildman–Crippen LogP) is 3.73. The number of fused-ring (bicyclic) bond motifs is 1. The molecule has 0 saturated carbocycles. The lowest BCUT2D eigenvalue weighted by Crippen LogP contribution is -2.29. The summed E-state index contributed by atoms with van der Waals surface area (Å²) < 4.78 is 45.7. The monoisotopic (exact) mass is 521 g/mol. The van der Waals surface area contributed by atoms with E-state index < -0.39 is 23.3 Å². The molecule has 0 radical (unpaired) electrons. The van der Waals surface area contributed by atoms with E-state index >= 15 is 0 Å². The van der Waals surface area contributed by atoms with Crippen molar-refractivity contribution in [3.8, 4) is 10.7 Å². The summed E-state index contributed by atoms with van der Waals surface area (Å²) >= 11 is 1.43. The molecule has 36 heavy (non-hydrogen) atoms. The Bertz CT molecular complexity index is 1240. The fraction of sp³-hybridized carbons (Fsp3) is 0.522. The van der Waals surface area contributed by atoms with Gasteiger partial charge in [0.25, 0.3) is 0 Å². The van der Waals surface area contributed by atoms with E-state index in [0.717, 1.165) is 29.2 Å². The summed E-state index contributed by atoms with van der Waals surface area (Å²) in [5.41, 5.74) is -0.929. The van der Waals surface area contributed by atoms with Gasteiger partial charge in [0.1, 0.15) is 5.60 Å². The van der Waals surface area contributed by atoms with Crippen LogP contribution in [-0.4, -0.2) is 62.9 Å². The Morgan fingerprint density at radius 2 is 1.75 bits per heavy atom. The topological polar surface area (TPSA) is 89.3 Å². The van der Waals surface area contributed by atoms with Gasteiger partial charge in [-0.1, -0.05) is 23.5 Å². The average Bonchev–Trinajstić information content (AvgIpc) is 3.54. The number of aromatic nitrogens is 5. The average molecular weight is 522 g/mol. The third-order valence-corrected chi connectivity index (χ3v) is 7.22. The van der Waals surface area contributed by atoms with Crippen molar-refractivity contribution in [3.05, 3.63) is 36.0 Å². The molecule has 9 nitrogen and oxygen atoms in total. The van der Waals surface area contributed by atoms with E-state index in [2.05, 4.69) is 25.3 Å². The summed E-state index contributed by atoms with van der Waals surface area (Å²) in [4.78, 5) is 22.5. The highest BCUT2D eigenvalue weighted by Gasteiger charge is 2.43. The molecule has 2 saturated heterocycles. The van der Waals surface area contributed by atoms with Crippen LogP contribution in [0.3, 0.4) is 0 Å². The number of hydrogen-bond donors (Lipinski definition) is 0. The normalized spacial score (nSPS) is 20.2. The Morgan fingerprint density at radius 3 is 2.42 bits per heavy atom. The fourth-order valence-corrected chi connectivity index (χ4v) is 5.61. The van der Waals surface area contributed by atoms with Crippen molar-refractivity contribution < 1.29 is 22.7 Å². The molecular formula is C23H26F3N7O2S. The molecule has 2 aliphatic rings. The number of alkyl halides is 3. The van der Waals surface area contributed by atoms with Gasteiger partial charge in [-0.2, -0.15) is 18.0 Å². The minimum atomic E-state index is -4.37. The van der Waals surface area contributed by atoms with Gasteiger partial charge in [0.2, 0.25) is 5.82 Å². The van der Waals surface area contributed by atoms with Crippen LogP contribution in [0, 0.1) is 11.8 Å². The van der Waals surface area contributed by atoms with Gasteiger partial charge in [-0.15, -0.1) is 10.2 Å². The number of carbonyl (C=O) groups is 1. The highest BCUT2D eigenvalue weighted by atomic mass is 32.1. The summed E-state index contributed by atoms with van der Waals surface area (Å²) in [6.45, 7) is 7.82. The first kappa shape index (κ1) is 24.5. The van der Waals surface area contributed by atoms with Crippen LogP contribution in [0.5, 0.6) is 0 Å². The first-order chi connectivity index (χ1) is 17.0. The minimum Gasteiger partial charge on any atom is -0.459 e. The minimum absolute atomic E-state index is 0.140. The first-order valence-corrected chi connectivity index (χ1v) is 12.4. The van der Waals surface area contributed by atoms with Crippen LogP contribution >= 0.6 is 11.3 Å². The van der Waals surface area contributed by atoms with Crippen LogP contribution in [0.1, 0.15) is 26.3 Å². The van der Waals surface area contributed by atoms with Crippen molar-refractivity contribution >= 4 is 28.1 Å². The van der Waals surface area contributed by atoms with Gasteiger partial charge in [0.05, 0.1) is 16.6 Å². The number of anilines is 2. The molecule has 1 aromatic carbocycles. The molecule has 2 atom stereocenters. The van der Waals surface area contributed by atoms with Crippen molar-refractivity contribution in [1.82, 2.24) is 25.2 Å². The van der Waals surface area contributed by atoms with Crippen molar-refractivity contribution in [2.24, 2.45) is 11.8 Å². The van der Waals surface area contributed by atoms with Gasteiger partial charge in [0, 0.05) is 43.7 Å². The molecule has 192 valence electrons. The Balaban J connectivity index is 1.21. The molecule has 0 spiro atoms. The molecular weight excluding hydrogens is 495 g/mol. The summed E-state index contributed by atoms with van der Waals surface area (Å²) in [6.07, 6.45) is -2.70. The van der Waals surface area contributed by atoms with Crippen LogP contribution in [0.15, 0.2) is 30.5 Å². The smallest absolute Gasteiger partial charge is 0.418 e. The number of hydrogen-bond acceptors (Lipinski definition) is 9. The quantitative estimate of drug-likeness (QED) is 0.470. The third kappa shape index (κ3) is 5.15. The largest absolute Gasteiger partial charge is 0.459 e. The maximum absolute atomic E-state index is 13.5. The van der Waals surface area contributed by atoms with Crippen molar-refractivity contribution in [1.29, 1.82) is 0 Å². The van der Waals surface area contributed by atoms with E-state index in [1.165, 1.54) is 22.2 Å². The molecule has 13 heteroatoms. The molecule has 0 amide bonds. The lowest BCUT2D eigenvalue weighted by molar-refractivity contribution is -0.156. The first-order valence-electron chi connectivity index (χ1n) is 11.6. The van der Waals surface area contributed by atoms with Gasteiger partial charge in [-0.05, 0) is 38.1 Å². The molecule has 2 fully saturated rings. The van der Waals surface area contributed by atoms with E-state index in [1.54, 1.807) is 39.1 Å². The SMILES string of the molecule is CC(C)(C)OC(=O)Cn1nnc(-c2cnc(N3CC4CN(c5ccccc5C(F)(F)F)CC4C3)s2)n1. The van der Waals surface area contributed by atoms with Gasteiger partial charge >= 0.3 is 12.1 Å². The molecule has 3 aromatic rings. The second kappa shape index (κ2) is 9.02. The zero-order valence-electron chi connectivity index (χ0n) is 20.1. The zero-order valence-corrected chi connectivity index (χ0v) is 20.9. The number of para-hydroxylation sites is 1. The lowest BCUT2D eigenvalue weighted by Gasteiger charge is -2.25. The Labute approximate surface area is 209 Å². The number of tetrazole rings is 1. The van der Waals surface area contributed by atoms with Gasteiger partial charge in [-0.25, -0.2) is 9.78 Å². The molecule has 2 unspecified atom stereocenters. The fourth-order valence-electron chi connectivity index (χ4n) is 4.75. The zero-order chi connectivity index (χ0) is 25.7. The Hall–Kier alpha value is -3.22. The summed E-state index contributed by atoms with van der Waals surface area (Å²) in [6, 6.07) is 5.78. The standard InChI is InChI=1S/C23H26F3N7O2S/c1-22(2,3)35-19(34)13-33-29-20(28-30-33)18-8-27-21(36-18)32-11-14-9-31(10-15(14)12-32)17-7-5-4-6-16(17)23(24,25)26/h4-8,14-15H,9-13H2,1-3H3. The molecule has 5 rings (SSSR count). The van der Waals surface area contributed by atoms with E-state index in [1.807, 2.05) is 4.90 Å². The Morgan fingerprint density at radius 1 is 1.08 bits per heavy atom. The molecule has 0 N–H and O–H groups in total. The van der Waals surface area contributed by atoms with E-state index in [-0.39, 0.29) is 24.1 Å². The van der Waals surface area contributed by atoms with E-state index in [4.69, 9.17) is 4.74 Å². The highest BCUT2D eigenvalue weighted by Crippen LogP contribution is 2.42. The van der Waals surface area contributed by atoms with Crippen molar-refractivity contribution in [2.75, 3.05) is 36.0 Å². The number of esters is 1. The number of benzene rings is 1. The third-order valence-electron chi connectivity index (χ3n) is 6.16. The number of carbonyl (C=O) groups excluding carboxylic acids is 1. The molecule has 0 aliphatic carbocycles. The van der Waals surface area contributed by atoms with Gasteiger partial charge < -0.3 is 14.5 Å². The molecule has 2 aliphatic heterocycles. The van der Waals surface area contributed by atoms with Crippen LogP contribution < -0.4 is 9.80 Å². The second-order valence-electron chi connectivity index (χ2n) is 10.1. The maximum atomic E-state index is 13.5. The number of thiazole rings is 1. The summed E-state index contributed by atoms with van der Waals surface area (Å²) in [7, 11) is 0. The van der Waals surface area contributed by atoms with Crippen LogP contribution in [0.25, 0.3) is 10.7 Å². The number of rotatable bonds is 5. The Kier molecular flexibility index (Phi) is 6.13. The van der Waals surface area contributed by atoms with Crippen LogP contribution in [-0.2, 0) is 22.3 Å². The maximum Gasteiger partial charge on any atom is 0.418 e. The number of nitrogens with zero attached hydrogens (tertiary/aromatic N) is 7. The van der Waals surface area contributed by atoms with Crippen LogP contribution in [0.2, 0.25) is 0 Å². The molecule has 2 aromatic heterocycles. The highest BCUT2D eigenvalue weighted by molar-refractivity contribution is 7.18. The summed E-state index contributed by atoms with van der Waals surface area (Å²) in [5, 5.41) is 13.0. The van der Waals surface area contributed by atoms with Crippen molar-refractivity contribution in [2.45, 2.75) is 39.1 Å². The van der Waals surface area contributed by atoms with Gasteiger partial charge in [-0.3, -0.25) is 0 Å². The lowest BCUT2D eigenvalue weighted by atomic mass is 10.0. The second-order valence-corrected chi connectivity index (χ2v) is 11.1. The van der Waals surface area contributed by atoms with E-state index in [0.29, 0.717) is 18.9 Å². The van der Waals surface area contributed by atoms with Crippen molar-refractivity contribution in [3.63, 3.8) is 0 Å². The number of ether oxygens (including phenoxy) is 1. The predicted molar refractivity (Wildman–Crippen MR) is 128 cm³/mol. The number of halogens is 3. The van der Waals surface area contributed by atoms with Crippen LogP contribution in [0.4, 0.5) is 24.0 Å². The van der Waals surface area contributed by atoms with E-state index in [9.17, 15) is 18.0 Å². The van der Waals surface area contributed by atoms with Gasteiger partial charge in [0.15, 0.2) is 11.7 Å².